The third-order valence-electron chi connectivity index (χ3n) is 1.61. The van der Waals surface area contributed by atoms with Crippen molar-refractivity contribution < 1.29 is 19.1 Å². The van der Waals surface area contributed by atoms with E-state index in [0.717, 1.165) is 0 Å². The van der Waals surface area contributed by atoms with E-state index in [1.807, 2.05) is 0 Å². The fourth-order valence-corrected chi connectivity index (χ4v) is 0.787. The smallest absolute Gasteiger partial charge is 0.374 e. The molecule has 5 heteroatoms. The topological polar surface area (TPSA) is 55.8 Å². The van der Waals surface area contributed by atoms with Crippen LogP contribution in [0.2, 0.25) is 0 Å². The number of esters is 1. The van der Waals surface area contributed by atoms with Crippen LogP contribution in [0.15, 0.2) is 12.0 Å². The van der Waals surface area contributed by atoms with Crippen molar-refractivity contribution in [3.05, 3.63) is 12.0 Å². The Morgan fingerprint density at radius 2 is 1.86 bits per heavy atom. The molecule has 80 valence electrons. The van der Waals surface area contributed by atoms with Gasteiger partial charge in [-0.3, -0.25) is 4.79 Å². The highest BCUT2D eigenvalue weighted by Crippen LogP contribution is 2.01. The second-order valence-corrected chi connectivity index (χ2v) is 2.55. The molecule has 0 aromatic heterocycles. The van der Waals surface area contributed by atoms with E-state index in [0.29, 0.717) is 6.42 Å². The second kappa shape index (κ2) is 6.01. The highest BCUT2D eigenvalue weighted by molar-refractivity contribution is 5.87. The first-order valence-corrected chi connectivity index (χ1v) is 4.16. The third-order valence-corrected chi connectivity index (χ3v) is 1.61. The number of rotatable bonds is 4. The monoisotopic (exact) mass is 201 g/mol. The van der Waals surface area contributed by atoms with Crippen molar-refractivity contribution in [1.29, 1.82) is 0 Å². The molecule has 0 aliphatic rings. The number of methoxy groups -OCH3 is 2. The molecular weight excluding hydrogens is 186 g/mol. The Labute approximate surface area is 83.3 Å². The predicted molar refractivity (Wildman–Crippen MR) is 50.2 cm³/mol. The summed E-state index contributed by atoms with van der Waals surface area (Å²) in [6.45, 7) is 1.73. The zero-order chi connectivity index (χ0) is 11.1. The molecule has 0 unspecified atom stereocenters. The van der Waals surface area contributed by atoms with Gasteiger partial charge < -0.3 is 14.4 Å². The van der Waals surface area contributed by atoms with Gasteiger partial charge in [0.1, 0.15) is 0 Å². The molecule has 0 saturated carbocycles. The quantitative estimate of drug-likeness (QED) is 0.378. The Balaban J connectivity index is 4.58. The van der Waals surface area contributed by atoms with Crippen LogP contribution in [0.25, 0.3) is 0 Å². The zero-order valence-electron chi connectivity index (χ0n) is 8.86. The first-order chi connectivity index (χ1) is 6.56. The molecule has 0 radical (unpaired) electrons. The van der Waals surface area contributed by atoms with Gasteiger partial charge in [-0.15, -0.1) is 0 Å². The summed E-state index contributed by atoms with van der Waals surface area (Å²) in [7, 11) is 4.14. The molecule has 14 heavy (non-hydrogen) atoms. The number of amides is 1. The van der Waals surface area contributed by atoms with Crippen molar-refractivity contribution >= 4 is 11.9 Å². The lowest BCUT2D eigenvalue weighted by molar-refractivity contribution is -0.139. The summed E-state index contributed by atoms with van der Waals surface area (Å²) in [6, 6.07) is 0. The summed E-state index contributed by atoms with van der Waals surface area (Å²) in [6.07, 6.45) is 1.67. The first-order valence-electron chi connectivity index (χ1n) is 4.16. The first kappa shape index (κ1) is 12.5. The van der Waals surface area contributed by atoms with Gasteiger partial charge in [0.25, 0.3) is 0 Å². The molecule has 0 aromatic rings. The van der Waals surface area contributed by atoms with Crippen molar-refractivity contribution in [2.75, 3.05) is 21.3 Å². The van der Waals surface area contributed by atoms with Crippen LogP contribution >= 0.6 is 0 Å². The molecule has 0 bridgehead atoms. The number of carbonyl (C=O) groups excluding carboxylic acids is 2. The summed E-state index contributed by atoms with van der Waals surface area (Å²) in [4.78, 5) is 23.5. The fourth-order valence-electron chi connectivity index (χ4n) is 0.787. The van der Waals surface area contributed by atoms with Gasteiger partial charge in [-0.1, -0.05) is 6.92 Å². The molecule has 0 fully saturated rings. The van der Waals surface area contributed by atoms with E-state index in [-0.39, 0.29) is 11.7 Å². The molecule has 5 nitrogen and oxygen atoms in total. The number of hydrogen-bond donors (Lipinski definition) is 0. The van der Waals surface area contributed by atoms with E-state index in [4.69, 9.17) is 4.74 Å². The van der Waals surface area contributed by atoms with E-state index < -0.39 is 5.97 Å². The van der Waals surface area contributed by atoms with Gasteiger partial charge in [0.2, 0.25) is 11.7 Å². The Bertz CT molecular complexity index is 247. The SMILES string of the molecule is CCC(=O)N(C)/C=C(\OC)C(=O)OC. The van der Waals surface area contributed by atoms with Gasteiger partial charge in [0.05, 0.1) is 20.4 Å². The lowest BCUT2D eigenvalue weighted by Gasteiger charge is -2.12. The molecule has 0 rings (SSSR count). The van der Waals surface area contributed by atoms with Gasteiger partial charge in [-0.2, -0.15) is 0 Å². The van der Waals surface area contributed by atoms with Gasteiger partial charge in [-0.05, 0) is 0 Å². The van der Waals surface area contributed by atoms with E-state index in [1.54, 1.807) is 14.0 Å². The minimum atomic E-state index is -0.608. The van der Waals surface area contributed by atoms with Gasteiger partial charge in [0.15, 0.2) is 0 Å². The summed E-state index contributed by atoms with van der Waals surface area (Å²) in [5.41, 5.74) is 0. The molecule has 1 amide bonds. The fraction of sp³-hybridized carbons (Fsp3) is 0.556. The Kier molecular flexibility index (Phi) is 5.36. The average Bonchev–Trinajstić information content (AvgIpc) is 2.22. The van der Waals surface area contributed by atoms with Crippen LogP contribution in [-0.2, 0) is 19.1 Å². The molecule has 0 spiro atoms. The molecule has 0 atom stereocenters. The molecular formula is C9H15NO4. The van der Waals surface area contributed by atoms with E-state index >= 15 is 0 Å². The maximum absolute atomic E-state index is 11.1. The minimum absolute atomic E-state index is 0.00296. The predicted octanol–water partition coefficient (Wildman–Crippen LogP) is 0.516. The van der Waals surface area contributed by atoms with Crippen LogP contribution < -0.4 is 0 Å². The van der Waals surface area contributed by atoms with Crippen molar-refractivity contribution in [3.63, 3.8) is 0 Å². The van der Waals surface area contributed by atoms with Crippen LogP contribution in [0.5, 0.6) is 0 Å². The van der Waals surface area contributed by atoms with Crippen LogP contribution in [0.4, 0.5) is 0 Å². The number of hydrogen-bond acceptors (Lipinski definition) is 4. The van der Waals surface area contributed by atoms with E-state index in [9.17, 15) is 9.59 Å². The normalized spacial score (nSPS) is 10.7. The Hall–Kier alpha value is -1.52. The van der Waals surface area contributed by atoms with Gasteiger partial charge >= 0.3 is 5.97 Å². The Morgan fingerprint density at radius 3 is 2.21 bits per heavy atom. The van der Waals surface area contributed by atoms with Crippen LogP contribution in [-0.4, -0.2) is 38.0 Å². The second-order valence-electron chi connectivity index (χ2n) is 2.55. The van der Waals surface area contributed by atoms with Crippen molar-refractivity contribution in [3.8, 4) is 0 Å². The number of ether oxygens (including phenoxy) is 2. The molecule has 0 aliphatic heterocycles. The van der Waals surface area contributed by atoms with Crippen LogP contribution in [0.3, 0.4) is 0 Å². The zero-order valence-corrected chi connectivity index (χ0v) is 8.86. The van der Waals surface area contributed by atoms with Crippen LogP contribution in [0.1, 0.15) is 13.3 Å². The minimum Gasteiger partial charge on any atom is -0.489 e. The van der Waals surface area contributed by atoms with Crippen molar-refractivity contribution in [2.24, 2.45) is 0 Å². The highest BCUT2D eigenvalue weighted by Gasteiger charge is 2.12. The highest BCUT2D eigenvalue weighted by atomic mass is 16.6. The molecule has 0 heterocycles. The average molecular weight is 201 g/mol. The number of nitrogens with zero attached hydrogens (tertiary/aromatic N) is 1. The summed E-state index contributed by atoms with van der Waals surface area (Å²) < 4.78 is 9.21. The number of carbonyl (C=O) groups is 2. The van der Waals surface area contributed by atoms with Crippen LogP contribution in [0, 0.1) is 0 Å². The summed E-state index contributed by atoms with van der Waals surface area (Å²) in [5, 5.41) is 0. The maximum Gasteiger partial charge on any atom is 0.374 e. The summed E-state index contributed by atoms with van der Waals surface area (Å²) in [5.74, 6) is -0.719. The molecule has 0 saturated heterocycles. The maximum atomic E-state index is 11.1. The third kappa shape index (κ3) is 3.47. The molecule has 0 aliphatic carbocycles. The largest absolute Gasteiger partial charge is 0.489 e. The van der Waals surface area contributed by atoms with E-state index in [2.05, 4.69) is 4.74 Å². The summed E-state index contributed by atoms with van der Waals surface area (Å²) >= 11 is 0. The lowest BCUT2D eigenvalue weighted by atomic mass is 10.4. The van der Waals surface area contributed by atoms with E-state index in [1.165, 1.54) is 25.3 Å². The van der Waals surface area contributed by atoms with Gasteiger partial charge in [0, 0.05) is 13.5 Å². The lowest BCUT2D eigenvalue weighted by Crippen LogP contribution is -2.22. The Morgan fingerprint density at radius 1 is 1.29 bits per heavy atom. The molecule has 0 aromatic carbocycles. The van der Waals surface area contributed by atoms with Gasteiger partial charge in [-0.25, -0.2) is 4.79 Å². The molecule has 0 N–H and O–H groups in total. The van der Waals surface area contributed by atoms with Crippen molar-refractivity contribution in [2.45, 2.75) is 13.3 Å². The standard InChI is InChI=1S/C9H15NO4/c1-5-8(11)10(2)6-7(13-3)9(12)14-4/h6H,5H2,1-4H3/b7-6-. The van der Waals surface area contributed by atoms with Crippen molar-refractivity contribution in [1.82, 2.24) is 4.90 Å².